The van der Waals surface area contributed by atoms with Gasteiger partial charge in [-0.2, -0.15) is 0 Å². The predicted molar refractivity (Wildman–Crippen MR) is 149 cm³/mol. The molecule has 0 bridgehead atoms. The van der Waals surface area contributed by atoms with Crippen LogP contribution in [0.3, 0.4) is 0 Å². The number of hydrogen-bond donors (Lipinski definition) is 0. The van der Waals surface area contributed by atoms with Crippen LogP contribution in [0, 0.1) is 18.6 Å². The molecule has 0 spiro atoms. The molecule has 5 nitrogen and oxygen atoms in total. The molecule has 0 unspecified atom stereocenters. The van der Waals surface area contributed by atoms with E-state index >= 15 is 4.39 Å². The summed E-state index contributed by atoms with van der Waals surface area (Å²) in [5.74, 6) is -0.0957. The second-order valence-electron chi connectivity index (χ2n) is 11.2. The molecule has 1 aliphatic carbocycles. The highest BCUT2D eigenvalue weighted by Gasteiger charge is 2.32. The first-order valence-corrected chi connectivity index (χ1v) is 14.0. The van der Waals surface area contributed by atoms with E-state index in [0.29, 0.717) is 30.2 Å². The maximum absolute atomic E-state index is 16.3. The standard InChI is InChI=1S/C32H38F2N2O3/c1-20(2)39-31-25(17-28(22-5-6-22)29(30(31)34)23-7-9-26(33)10-8-23)18-35-14-12-27(13-15-35)36-16-11-24(19-38-4)21(3)32(36)37/h7-11,16-17,20,22,27H,5-6,12-15,18-19H2,1-4H3. The molecule has 5 rings (SSSR count). The molecule has 1 aliphatic heterocycles. The van der Waals surface area contributed by atoms with Crippen molar-refractivity contribution in [3.05, 3.63) is 86.8 Å². The topological polar surface area (TPSA) is 43.7 Å². The molecule has 2 aromatic carbocycles. The van der Waals surface area contributed by atoms with E-state index in [1.54, 1.807) is 19.2 Å². The van der Waals surface area contributed by atoms with Gasteiger partial charge in [0.2, 0.25) is 0 Å². The minimum Gasteiger partial charge on any atom is -0.488 e. The Balaban J connectivity index is 1.39. The monoisotopic (exact) mass is 536 g/mol. The van der Waals surface area contributed by atoms with Gasteiger partial charge in [0.25, 0.3) is 5.56 Å². The Bertz CT molecular complexity index is 1370. The number of halogens is 2. The summed E-state index contributed by atoms with van der Waals surface area (Å²) in [6.45, 7) is 8.28. The summed E-state index contributed by atoms with van der Waals surface area (Å²) in [5.41, 5.74) is 4.75. The molecule has 2 fully saturated rings. The molecular formula is C32H38F2N2O3. The smallest absolute Gasteiger partial charge is 0.254 e. The van der Waals surface area contributed by atoms with Crippen molar-refractivity contribution in [1.82, 2.24) is 9.47 Å². The van der Waals surface area contributed by atoms with Crippen LogP contribution in [0.15, 0.2) is 47.4 Å². The van der Waals surface area contributed by atoms with E-state index in [1.807, 2.05) is 37.6 Å². The summed E-state index contributed by atoms with van der Waals surface area (Å²) in [6, 6.07) is 10.3. The number of methoxy groups -OCH3 is 1. The van der Waals surface area contributed by atoms with Crippen molar-refractivity contribution in [3.63, 3.8) is 0 Å². The van der Waals surface area contributed by atoms with Crippen LogP contribution in [0.2, 0.25) is 0 Å². The van der Waals surface area contributed by atoms with Gasteiger partial charge >= 0.3 is 0 Å². The third-order valence-corrected chi connectivity index (χ3v) is 7.95. The molecule has 1 saturated carbocycles. The van der Waals surface area contributed by atoms with E-state index in [2.05, 4.69) is 11.0 Å². The molecule has 1 aromatic heterocycles. The van der Waals surface area contributed by atoms with Gasteiger partial charge in [-0.05, 0) is 93.3 Å². The minimum absolute atomic E-state index is 0.0446. The summed E-state index contributed by atoms with van der Waals surface area (Å²) in [4.78, 5) is 15.3. The lowest BCUT2D eigenvalue weighted by Gasteiger charge is -2.34. The Morgan fingerprint density at radius 1 is 1.00 bits per heavy atom. The van der Waals surface area contributed by atoms with Gasteiger partial charge in [-0.3, -0.25) is 9.69 Å². The van der Waals surface area contributed by atoms with Gasteiger partial charge in [0.05, 0.1) is 12.7 Å². The Morgan fingerprint density at radius 3 is 2.31 bits per heavy atom. The van der Waals surface area contributed by atoms with Crippen molar-refractivity contribution in [2.75, 3.05) is 20.2 Å². The molecule has 2 heterocycles. The van der Waals surface area contributed by atoms with Crippen LogP contribution >= 0.6 is 0 Å². The van der Waals surface area contributed by atoms with Crippen LogP contribution in [0.1, 0.15) is 73.7 Å². The van der Waals surface area contributed by atoms with E-state index in [-0.39, 0.29) is 35.1 Å². The number of hydrogen-bond acceptors (Lipinski definition) is 4. The van der Waals surface area contributed by atoms with Crippen molar-refractivity contribution in [3.8, 4) is 16.9 Å². The van der Waals surface area contributed by atoms with Crippen LogP contribution < -0.4 is 10.3 Å². The average Bonchev–Trinajstić information content (AvgIpc) is 3.76. The van der Waals surface area contributed by atoms with Crippen LogP contribution in [-0.4, -0.2) is 35.8 Å². The molecule has 0 atom stereocenters. The van der Waals surface area contributed by atoms with Gasteiger partial charge in [-0.15, -0.1) is 0 Å². The molecule has 208 valence electrons. The zero-order chi connectivity index (χ0) is 27.7. The number of benzene rings is 2. The lowest BCUT2D eigenvalue weighted by Crippen LogP contribution is -2.37. The summed E-state index contributed by atoms with van der Waals surface area (Å²) >= 11 is 0. The molecule has 1 saturated heterocycles. The summed E-state index contributed by atoms with van der Waals surface area (Å²) in [5, 5.41) is 0. The van der Waals surface area contributed by atoms with Crippen molar-refractivity contribution in [2.45, 2.75) is 77.7 Å². The SMILES string of the molecule is COCc1ccn(C2CCN(Cc3cc(C4CC4)c(-c4ccc(F)cc4)c(F)c3OC(C)C)CC2)c(=O)c1C. The van der Waals surface area contributed by atoms with Gasteiger partial charge in [0.1, 0.15) is 5.82 Å². The highest BCUT2D eigenvalue weighted by atomic mass is 19.1. The van der Waals surface area contributed by atoms with Crippen molar-refractivity contribution < 1.29 is 18.3 Å². The molecule has 39 heavy (non-hydrogen) atoms. The lowest BCUT2D eigenvalue weighted by atomic mass is 9.92. The van der Waals surface area contributed by atoms with Crippen LogP contribution in [0.25, 0.3) is 11.1 Å². The van der Waals surface area contributed by atoms with Gasteiger partial charge in [-0.25, -0.2) is 8.78 Å². The molecular weight excluding hydrogens is 498 g/mol. The lowest BCUT2D eigenvalue weighted by molar-refractivity contribution is 0.170. The Labute approximate surface area is 229 Å². The zero-order valence-corrected chi connectivity index (χ0v) is 23.3. The maximum atomic E-state index is 16.3. The first kappa shape index (κ1) is 27.5. The quantitative estimate of drug-likeness (QED) is 0.303. The second-order valence-corrected chi connectivity index (χ2v) is 11.2. The summed E-state index contributed by atoms with van der Waals surface area (Å²) < 4.78 is 43.0. The normalized spacial score (nSPS) is 16.7. The predicted octanol–water partition coefficient (Wildman–Crippen LogP) is 6.75. The van der Waals surface area contributed by atoms with E-state index < -0.39 is 0 Å². The molecule has 2 aliphatic rings. The number of pyridine rings is 1. The highest BCUT2D eigenvalue weighted by molar-refractivity contribution is 5.72. The molecule has 0 radical (unpaired) electrons. The number of rotatable bonds is 9. The second kappa shape index (κ2) is 11.6. The van der Waals surface area contributed by atoms with Crippen molar-refractivity contribution in [2.24, 2.45) is 0 Å². The van der Waals surface area contributed by atoms with Crippen molar-refractivity contribution in [1.29, 1.82) is 0 Å². The molecule has 0 amide bonds. The summed E-state index contributed by atoms with van der Waals surface area (Å²) in [7, 11) is 1.63. The Kier molecular flexibility index (Phi) is 8.19. The highest BCUT2D eigenvalue weighted by Crippen LogP contribution is 2.48. The van der Waals surface area contributed by atoms with Gasteiger partial charge < -0.3 is 14.0 Å². The van der Waals surface area contributed by atoms with E-state index in [1.165, 1.54) is 12.1 Å². The van der Waals surface area contributed by atoms with E-state index in [4.69, 9.17) is 9.47 Å². The van der Waals surface area contributed by atoms with Gasteiger partial charge in [0, 0.05) is 55.7 Å². The van der Waals surface area contributed by atoms with E-state index in [0.717, 1.165) is 61.0 Å². The fourth-order valence-corrected chi connectivity index (χ4v) is 5.70. The first-order valence-electron chi connectivity index (χ1n) is 14.0. The third-order valence-electron chi connectivity index (χ3n) is 7.95. The fourth-order valence-electron chi connectivity index (χ4n) is 5.70. The fraction of sp³-hybridized carbons (Fsp3) is 0.469. The number of nitrogens with zero attached hydrogens (tertiary/aromatic N) is 2. The molecule has 0 N–H and O–H groups in total. The minimum atomic E-state index is -0.359. The third kappa shape index (κ3) is 5.94. The van der Waals surface area contributed by atoms with Crippen molar-refractivity contribution >= 4 is 0 Å². The summed E-state index contributed by atoms with van der Waals surface area (Å²) in [6.07, 6.45) is 5.45. The number of aromatic nitrogens is 1. The number of likely N-dealkylation sites (tertiary alicyclic amines) is 1. The largest absolute Gasteiger partial charge is 0.488 e. The Morgan fingerprint density at radius 2 is 1.69 bits per heavy atom. The van der Waals surface area contributed by atoms with Crippen LogP contribution in [0.4, 0.5) is 8.78 Å². The zero-order valence-electron chi connectivity index (χ0n) is 23.3. The molecule has 3 aromatic rings. The Hall–Kier alpha value is -3.03. The van der Waals surface area contributed by atoms with Gasteiger partial charge in [-0.1, -0.05) is 12.1 Å². The first-order chi connectivity index (χ1) is 18.8. The average molecular weight is 537 g/mol. The van der Waals surface area contributed by atoms with Crippen LogP contribution in [0.5, 0.6) is 5.75 Å². The van der Waals surface area contributed by atoms with Crippen LogP contribution in [-0.2, 0) is 17.9 Å². The number of ether oxygens (including phenoxy) is 2. The molecule has 7 heteroatoms. The van der Waals surface area contributed by atoms with Gasteiger partial charge in [0.15, 0.2) is 11.6 Å². The van der Waals surface area contributed by atoms with E-state index in [9.17, 15) is 9.18 Å². The number of piperidine rings is 1. The maximum Gasteiger partial charge on any atom is 0.254 e.